The SMILES string of the molecule is Cc1ccc(Nc2nnc(SCC(=O)NNC(=O)c3ccco3)s2)cc1. The fourth-order valence-corrected chi connectivity index (χ4v) is 3.41. The molecule has 3 N–H and O–H groups in total. The number of aromatic nitrogens is 2. The summed E-state index contributed by atoms with van der Waals surface area (Å²) in [6, 6.07) is 11.0. The number of rotatable bonds is 6. The number of furan rings is 1. The first kappa shape index (κ1) is 18.0. The predicted octanol–water partition coefficient (Wildman–Crippen LogP) is 2.74. The third-order valence-corrected chi connectivity index (χ3v) is 5.07. The second kappa shape index (κ2) is 8.50. The molecule has 10 heteroatoms. The minimum absolute atomic E-state index is 0.0948. The molecule has 0 unspecified atom stereocenters. The zero-order chi connectivity index (χ0) is 18.4. The topological polar surface area (TPSA) is 109 Å². The van der Waals surface area contributed by atoms with E-state index in [1.54, 1.807) is 6.07 Å². The number of nitrogens with one attached hydrogen (secondary N) is 3. The van der Waals surface area contributed by atoms with Crippen molar-refractivity contribution >= 4 is 45.7 Å². The van der Waals surface area contributed by atoms with Crippen LogP contribution in [0.25, 0.3) is 0 Å². The standard InChI is InChI=1S/C16H15N5O3S2/c1-10-4-6-11(7-5-10)17-15-20-21-16(26-15)25-9-13(22)18-19-14(23)12-3-2-8-24-12/h2-8H,9H2,1H3,(H,17,20)(H,18,22)(H,19,23). The van der Waals surface area contributed by atoms with E-state index < -0.39 is 5.91 Å². The molecule has 8 nitrogen and oxygen atoms in total. The fraction of sp³-hybridized carbons (Fsp3) is 0.125. The summed E-state index contributed by atoms with van der Waals surface area (Å²) in [4.78, 5) is 23.4. The van der Waals surface area contributed by atoms with Crippen LogP contribution in [0.4, 0.5) is 10.8 Å². The minimum Gasteiger partial charge on any atom is -0.459 e. The maximum Gasteiger partial charge on any atom is 0.305 e. The van der Waals surface area contributed by atoms with Crippen LogP contribution < -0.4 is 16.2 Å². The molecule has 0 radical (unpaired) electrons. The van der Waals surface area contributed by atoms with E-state index in [9.17, 15) is 9.59 Å². The number of anilines is 2. The van der Waals surface area contributed by atoms with Crippen LogP contribution in [-0.4, -0.2) is 27.8 Å². The molecule has 0 spiro atoms. The Kier molecular flexibility index (Phi) is 5.87. The number of hydrogen-bond donors (Lipinski definition) is 3. The maximum absolute atomic E-state index is 11.8. The number of carbonyl (C=O) groups is 2. The second-order valence-corrected chi connectivity index (χ2v) is 7.33. The molecule has 0 saturated carbocycles. The number of thioether (sulfide) groups is 1. The molecule has 0 aliphatic heterocycles. The second-order valence-electron chi connectivity index (χ2n) is 5.13. The molecular weight excluding hydrogens is 374 g/mol. The summed E-state index contributed by atoms with van der Waals surface area (Å²) in [5.74, 6) is -0.668. The highest BCUT2D eigenvalue weighted by Gasteiger charge is 2.11. The largest absolute Gasteiger partial charge is 0.459 e. The van der Waals surface area contributed by atoms with E-state index >= 15 is 0 Å². The first-order valence-corrected chi connectivity index (χ1v) is 9.33. The van der Waals surface area contributed by atoms with Crippen molar-refractivity contribution in [3.05, 3.63) is 54.0 Å². The number of amides is 2. The highest BCUT2D eigenvalue weighted by Crippen LogP contribution is 2.27. The number of aryl methyl sites for hydroxylation is 1. The summed E-state index contributed by atoms with van der Waals surface area (Å²) in [6.45, 7) is 2.02. The van der Waals surface area contributed by atoms with E-state index in [1.165, 1.54) is 41.0 Å². The third kappa shape index (κ3) is 5.07. The molecule has 2 heterocycles. The molecule has 0 atom stereocenters. The van der Waals surface area contributed by atoms with Gasteiger partial charge in [-0.05, 0) is 31.2 Å². The lowest BCUT2D eigenvalue weighted by atomic mass is 10.2. The van der Waals surface area contributed by atoms with E-state index in [-0.39, 0.29) is 17.4 Å². The summed E-state index contributed by atoms with van der Waals surface area (Å²) in [7, 11) is 0. The van der Waals surface area contributed by atoms with Gasteiger partial charge in [-0.25, -0.2) is 0 Å². The molecule has 0 saturated heterocycles. The van der Waals surface area contributed by atoms with Gasteiger partial charge in [-0.2, -0.15) is 0 Å². The van der Waals surface area contributed by atoms with Crippen molar-refractivity contribution in [1.29, 1.82) is 0 Å². The van der Waals surface area contributed by atoms with Gasteiger partial charge in [-0.1, -0.05) is 40.8 Å². The summed E-state index contributed by atoms with van der Waals surface area (Å²) in [6.07, 6.45) is 1.38. The highest BCUT2D eigenvalue weighted by molar-refractivity contribution is 8.01. The Hall–Kier alpha value is -2.85. The van der Waals surface area contributed by atoms with Gasteiger partial charge in [0.05, 0.1) is 12.0 Å². The Balaban J connectivity index is 1.43. The molecule has 0 aliphatic rings. The van der Waals surface area contributed by atoms with E-state index in [2.05, 4.69) is 26.4 Å². The van der Waals surface area contributed by atoms with Crippen LogP contribution in [0.3, 0.4) is 0 Å². The Labute approximate surface area is 157 Å². The van der Waals surface area contributed by atoms with E-state index in [0.29, 0.717) is 9.47 Å². The lowest BCUT2D eigenvalue weighted by molar-refractivity contribution is -0.119. The van der Waals surface area contributed by atoms with Gasteiger partial charge in [0, 0.05) is 5.69 Å². The van der Waals surface area contributed by atoms with Crippen LogP contribution in [0.1, 0.15) is 16.1 Å². The van der Waals surface area contributed by atoms with Crippen LogP contribution >= 0.6 is 23.1 Å². The summed E-state index contributed by atoms with van der Waals surface area (Å²) in [5.41, 5.74) is 6.68. The first-order valence-electron chi connectivity index (χ1n) is 7.53. The van der Waals surface area contributed by atoms with Gasteiger partial charge in [0.2, 0.25) is 11.0 Å². The van der Waals surface area contributed by atoms with E-state index in [0.717, 1.165) is 5.69 Å². The van der Waals surface area contributed by atoms with Gasteiger partial charge < -0.3 is 9.73 Å². The summed E-state index contributed by atoms with van der Waals surface area (Å²) < 4.78 is 5.57. The molecular formula is C16H15N5O3S2. The maximum atomic E-state index is 11.8. The number of hydrogen-bond acceptors (Lipinski definition) is 8. The monoisotopic (exact) mass is 389 g/mol. The lowest BCUT2D eigenvalue weighted by Gasteiger charge is -2.04. The molecule has 0 aliphatic carbocycles. The zero-order valence-electron chi connectivity index (χ0n) is 13.7. The van der Waals surface area contributed by atoms with Crippen molar-refractivity contribution < 1.29 is 14.0 Å². The zero-order valence-corrected chi connectivity index (χ0v) is 15.3. The fourth-order valence-electron chi connectivity index (χ4n) is 1.84. The average molecular weight is 389 g/mol. The summed E-state index contributed by atoms with van der Waals surface area (Å²) >= 11 is 2.57. The Morgan fingerprint density at radius 2 is 1.96 bits per heavy atom. The lowest BCUT2D eigenvalue weighted by Crippen LogP contribution is -2.42. The first-order chi connectivity index (χ1) is 12.6. The molecule has 0 bridgehead atoms. The normalized spacial score (nSPS) is 10.3. The predicted molar refractivity (Wildman–Crippen MR) is 99.4 cm³/mol. The molecule has 2 aromatic heterocycles. The van der Waals surface area contributed by atoms with Crippen LogP contribution in [0.2, 0.25) is 0 Å². The minimum atomic E-state index is -0.520. The van der Waals surface area contributed by atoms with Crippen molar-refractivity contribution in [3.8, 4) is 0 Å². The molecule has 2 amide bonds. The van der Waals surface area contributed by atoms with E-state index in [4.69, 9.17) is 4.42 Å². The van der Waals surface area contributed by atoms with Crippen molar-refractivity contribution in [2.75, 3.05) is 11.1 Å². The Morgan fingerprint density at radius 1 is 1.15 bits per heavy atom. The number of hydrazine groups is 1. The molecule has 26 heavy (non-hydrogen) atoms. The molecule has 134 valence electrons. The van der Waals surface area contributed by atoms with Crippen molar-refractivity contribution in [2.24, 2.45) is 0 Å². The van der Waals surface area contributed by atoms with Crippen LogP contribution in [-0.2, 0) is 4.79 Å². The third-order valence-electron chi connectivity index (χ3n) is 3.10. The van der Waals surface area contributed by atoms with Gasteiger partial charge in [-0.3, -0.25) is 20.4 Å². The Morgan fingerprint density at radius 3 is 2.69 bits per heavy atom. The molecule has 3 aromatic rings. The molecule has 3 rings (SSSR count). The Bertz CT molecular complexity index is 878. The number of carbonyl (C=O) groups excluding carboxylic acids is 2. The number of nitrogens with zero attached hydrogens (tertiary/aromatic N) is 2. The average Bonchev–Trinajstić information content (AvgIpc) is 3.32. The van der Waals surface area contributed by atoms with Gasteiger partial charge >= 0.3 is 5.91 Å². The van der Waals surface area contributed by atoms with Gasteiger partial charge in [-0.15, -0.1) is 10.2 Å². The smallest absolute Gasteiger partial charge is 0.305 e. The highest BCUT2D eigenvalue weighted by atomic mass is 32.2. The number of benzene rings is 1. The molecule has 1 aromatic carbocycles. The van der Waals surface area contributed by atoms with Crippen molar-refractivity contribution in [1.82, 2.24) is 21.0 Å². The van der Waals surface area contributed by atoms with E-state index in [1.807, 2.05) is 31.2 Å². The van der Waals surface area contributed by atoms with Crippen LogP contribution in [0.15, 0.2) is 51.4 Å². The van der Waals surface area contributed by atoms with Crippen LogP contribution in [0.5, 0.6) is 0 Å². The quantitative estimate of drug-likeness (QED) is 0.439. The van der Waals surface area contributed by atoms with Crippen molar-refractivity contribution in [3.63, 3.8) is 0 Å². The van der Waals surface area contributed by atoms with Crippen molar-refractivity contribution in [2.45, 2.75) is 11.3 Å². The van der Waals surface area contributed by atoms with Gasteiger partial charge in [0.25, 0.3) is 0 Å². The van der Waals surface area contributed by atoms with Gasteiger partial charge in [0.15, 0.2) is 10.1 Å². The molecule has 0 fully saturated rings. The summed E-state index contributed by atoms with van der Waals surface area (Å²) in [5, 5.41) is 11.9. The van der Waals surface area contributed by atoms with Crippen LogP contribution in [0, 0.1) is 6.92 Å². The van der Waals surface area contributed by atoms with Gasteiger partial charge in [0.1, 0.15) is 0 Å².